The van der Waals surface area contributed by atoms with Crippen LogP contribution in [0.5, 0.6) is 5.75 Å². The Balaban J connectivity index is 1.60. The van der Waals surface area contributed by atoms with E-state index in [4.69, 9.17) is 9.47 Å². The van der Waals surface area contributed by atoms with E-state index < -0.39 is 22.3 Å². The van der Waals surface area contributed by atoms with Crippen LogP contribution < -0.4 is 15.0 Å². The number of hydrogen-bond acceptors (Lipinski definition) is 10. The van der Waals surface area contributed by atoms with E-state index in [1.165, 1.54) is 16.0 Å². The number of morpholine rings is 1. The smallest absolute Gasteiger partial charge is 0.296 e. The lowest BCUT2D eigenvalue weighted by molar-refractivity contribution is 0.122. The molecule has 2 saturated heterocycles. The number of para-hydroxylation sites is 1. The van der Waals surface area contributed by atoms with E-state index in [9.17, 15) is 17.2 Å². The number of nitrogens with zero attached hydrogens (tertiary/aromatic N) is 7. The molecule has 5 rings (SSSR count). The van der Waals surface area contributed by atoms with E-state index in [2.05, 4.69) is 25.3 Å². The van der Waals surface area contributed by atoms with Crippen molar-refractivity contribution >= 4 is 33.0 Å². The Morgan fingerprint density at radius 3 is 2.53 bits per heavy atom. The molecule has 0 amide bonds. The molecule has 0 radical (unpaired) electrons. The van der Waals surface area contributed by atoms with E-state index in [0.29, 0.717) is 56.5 Å². The van der Waals surface area contributed by atoms with E-state index in [1.807, 2.05) is 4.90 Å². The number of halogens is 2. The maximum atomic E-state index is 14.1. The van der Waals surface area contributed by atoms with Crippen LogP contribution in [0.3, 0.4) is 0 Å². The van der Waals surface area contributed by atoms with Crippen molar-refractivity contribution in [1.29, 1.82) is 0 Å². The Morgan fingerprint density at radius 1 is 1.11 bits per heavy atom. The summed E-state index contributed by atoms with van der Waals surface area (Å²) in [6.45, 7) is 2.61. The van der Waals surface area contributed by atoms with Gasteiger partial charge in [0.1, 0.15) is 11.3 Å². The monoisotopic (exact) mass is 524 g/mol. The highest BCUT2D eigenvalue weighted by molar-refractivity contribution is 7.88. The fourth-order valence-corrected chi connectivity index (χ4v) is 5.25. The maximum Gasteiger partial charge on any atom is 0.296 e. The Morgan fingerprint density at radius 2 is 1.86 bits per heavy atom. The third kappa shape index (κ3) is 4.77. The van der Waals surface area contributed by atoms with E-state index >= 15 is 0 Å². The van der Waals surface area contributed by atoms with Gasteiger partial charge in [-0.1, -0.05) is 6.07 Å². The summed E-state index contributed by atoms with van der Waals surface area (Å²) >= 11 is 0. The molecular weight excluding hydrogens is 498 g/mol. The van der Waals surface area contributed by atoms with Gasteiger partial charge in [0, 0.05) is 32.2 Å². The van der Waals surface area contributed by atoms with Gasteiger partial charge in [-0.2, -0.15) is 15.0 Å². The lowest BCUT2D eigenvalue weighted by atomic mass is 10.3. The van der Waals surface area contributed by atoms with Gasteiger partial charge in [-0.3, -0.25) is 4.57 Å². The topological polar surface area (TPSA) is 128 Å². The molecule has 0 unspecified atom stereocenters. The second-order valence-corrected chi connectivity index (χ2v) is 10.5. The summed E-state index contributed by atoms with van der Waals surface area (Å²) in [4.78, 5) is 19.5. The molecule has 1 atom stereocenters. The van der Waals surface area contributed by atoms with Crippen molar-refractivity contribution in [2.45, 2.75) is 18.9 Å². The minimum Gasteiger partial charge on any atom is -0.494 e. The van der Waals surface area contributed by atoms with Gasteiger partial charge in [0.05, 0.1) is 32.1 Å². The number of benzene rings is 1. The number of imidazole rings is 1. The molecule has 2 fully saturated rings. The lowest BCUT2D eigenvalue weighted by Gasteiger charge is -2.27. The minimum atomic E-state index is -3.33. The minimum absolute atomic E-state index is 0.0296. The molecule has 2 aliphatic heterocycles. The molecule has 0 spiro atoms. The molecule has 4 heterocycles. The average Bonchev–Trinajstić information content (AvgIpc) is 3.49. The molecule has 12 nitrogen and oxygen atoms in total. The molecule has 0 aliphatic carbocycles. The summed E-state index contributed by atoms with van der Waals surface area (Å²) in [5, 5.41) is 3.17. The standard InChI is InChI=1S/C21H26F2N8O4S/c1-34-15-5-3-4-14-16(15)25-18(17(22)23)31(14)21-27-19(24-13-6-7-30(12-13)36(2,32)33)26-20(28-21)29-8-10-35-11-9-29/h3-5,13,17H,6-12H2,1-2H3,(H,24,26,27,28)/t13-/m0/s1. The molecule has 1 N–H and O–H groups in total. The Hall–Kier alpha value is -3.17. The van der Waals surface area contributed by atoms with E-state index in [0.717, 1.165) is 6.26 Å². The normalized spacial score (nSPS) is 19.4. The van der Waals surface area contributed by atoms with Gasteiger partial charge in [-0.25, -0.2) is 26.5 Å². The van der Waals surface area contributed by atoms with Crippen molar-refractivity contribution in [2.24, 2.45) is 0 Å². The van der Waals surface area contributed by atoms with Gasteiger partial charge in [0.2, 0.25) is 27.9 Å². The van der Waals surface area contributed by atoms with Crippen LogP contribution in [-0.2, 0) is 14.8 Å². The molecule has 2 aliphatic rings. The highest BCUT2D eigenvalue weighted by atomic mass is 32.2. The van der Waals surface area contributed by atoms with Crippen LogP contribution in [0.1, 0.15) is 18.7 Å². The number of ether oxygens (including phenoxy) is 2. The molecule has 194 valence electrons. The number of aromatic nitrogens is 5. The van der Waals surface area contributed by atoms with E-state index in [-0.39, 0.29) is 30.0 Å². The number of anilines is 2. The first kappa shape index (κ1) is 24.5. The number of rotatable bonds is 7. The summed E-state index contributed by atoms with van der Waals surface area (Å²) in [7, 11) is -1.89. The summed E-state index contributed by atoms with van der Waals surface area (Å²) in [6, 6.07) is 4.71. The molecule has 1 aromatic carbocycles. The van der Waals surface area contributed by atoms with Gasteiger partial charge in [-0.05, 0) is 18.6 Å². The van der Waals surface area contributed by atoms with Crippen LogP contribution in [0.25, 0.3) is 17.0 Å². The molecule has 2 aromatic heterocycles. The van der Waals surface area contributed by atoms with Crippen LogP contribution in [-0.4, -0.2) is 96.0 Å². The summed E-state index contributed by atoms with van der Waals surface area (Å²) in [5.74, 6) is 0.253. The Bertz CT molecular complexity index is 1360. The number of fused-ring (bicyclic) bond motifs is 1. The fraction of sp³-hybridized carbons (Fsp3) is 0.524. The summed E-state index contributed by atoms with van der Waals surface area (Å²) in [6.07, 6.45) is -1.19. The number of sulfonamides is 1. The van der Waals surface area contributed by atoms with Gasteiger partial charge < -0.3 is 19.7 Å². The van der Waals surface area contributed by atoms with Crippen molar-refractivity contribution in [3.05, 3.63) is 24.0 Å². The van der Waals surface area contributed by atoms with Crippen molar-refractivity contribution in [2.75, 3.05) is 63.0 Å². The van der Waals surface area contributed by atoms with Crippen LogP contribution in [0.2, 0.25) is 0 Å². The van der Waals surface area contributed by atoms with Crippen LogP contribution in [0.4, 0.5) is 20.7 Å². The van der Waals surface area contributed by atoms with Crippen molar-refractivity contribution < 1.29 is 26.7 Å². The van der Waals surface area contributed by atoms with Gasteiger partial charge in [0.25, 0.3) is 6.43 Å². The molecule has 36 heavy (non-hydrogen) atoms. The zero-order chi connectivity index (χ0) is 25.4. The van der Waals surface area contributed by atoms with Crippen molar-refractivity contribution in [3.63, 3.8) is 0 Å². The number of hydrogen-bond donors (Lipinski definition) is 1. The largest absolute Gasteiger partial charge is 0.494 e. The van der Waals surface area contributed by atoms with Crippen molar-refractivity contribution in [3.8, 4) is 11.7 Å². The van der Waals surface area contributed by atoms with Gasteiger partial charge in [0.15, 0.2) is 5.82 Å². The zero-order valence-corrected chi connectivity index (χ0v) is 20.6. The van der Waals surface area contributed by atoms with Crippen molar-refractivity contribution in [1.82, 2.24) is 28.8 Å². The molecule has 0 bridgehead atoms. The molecule has 0 saturated carbocycles. The summed E-state index contributed by atoms with van der Waals surface area (Å²) in [5.41, 5.74) is 0.622. The number of alkyl halides is 2. The molecular formula is C21H26F2N8O4S. The highest BCUT2D eigenvalue weighted by Gasteiger charge is 2.30. The number of methoxy groups -OCH3 is 1. The SMILES string of the molecule is COc1cccc2c1nc(C(F)F)n2-c1nc(N[C@H]2CCN(S(C)(=O)=O)C2)nc(N2CCOCC2)n1. The fourth-order valence-electron chi connectivity index (χ4n) is 4.37. The van der Waals surface area contributed by atoms with E-state index in [1.54, 1.807) is 18.2 Å². The van der Waals surface area contributed by atoms with Gasteiger partial charge >= 0.3 is 0 Å². The third-order valence-corrected chi connectivity index (χ3v) is 7.42. The lowest BCUT2D eigenvalue weighted by Crippen LogP contribution is -2.38. The second kappa shape index (κ2) is 9.71. The Labute approximate surface area is 206 Å². The first-order chi connectivity index (χ1) is 17.2. The summed E-state index contributed by atoms with van der Waals surface area (Å²) < 4.78 is 65.4. The van der Waals surface area contributed by atoms with Crippen LogP contribution >= 0.6 is 0 Å². The quantitative estimate of drug-likeness (QED) is 0.485. The van der Waals surface area contributed by atoms with Crippen LogP contribution in [0, 0.1) is 0 Å². The Kier molecular flexibility index (Phi) is 6.61. The maximum absolute atomic E-state index is 14.1. The predicted molar refractivity (Wildman–Crippen MR) is 127 cm³/mol. The number of nitrogens with one attached hydrogen (secondary N) is 1. The average molecular weight is 525 g/mol. The first-order valence-electron chi connectivity index (χ1n) is 11.4. The predicted octanol–water partition coefficient (Wildman–Crippen LogP) is 1.44. The molecule has 15 heteroatoms. The first-order valence-corrected chi connectivity index (χ1v) is 13.2. The third-order valence-electron chi connectivity index (χ3n) is 6.15. The molecule has 3 aromatic rings. The highest BCUT2D eigenvalue weighted by Crippen LogP contribution is 2.32. The zero-order valence-electron chi connectivity index (χ0n) is 19.8. The van der Waals surface area contributed by atoms with Crippen LogP contribution in [0.15, 0.2) is 18.2 Å². The van der Waals surface area contributed by atoms with Gasteiger partial charge in [-0.15, -0.1) is 0 Å². The second-order valence-electron chi connectivity index (χ2n) is 8.54.